The molecule has 20 heavy (non-hydrogen) atoms. The summed E-state index contributed by atoms with van der Waals surface area (Å²) in [6.07, 6.45) is 2.69. The molecule has 0 heterocycles. The van der Waals surface area contributed by atoms with Crippen LogP contribution in [0.4, 0.5) is 5.69 Å². The normalized spacial score (nSPS) is 10.1. The average Bonchev–Trinajstić information content (AvgIpc) is 2.47. The van der Waals surface area contributed by atoms with Crippen molar-refractivity contribution in [1.29, 1.82) is 0 Å². The molecular formula is C17H18ClNO. The van der Waals surface area contributed by atoms with E-state index in [0.717, 1.165) is 28.4 Å². The summed E-state index contributed by atoms with van der Waals surface area (Å²) in [4.78, 5) is 0. The maximum atomic E-state index is 6.07. The quantitative estimate of drug-likeness (QED) is 0.595. The van der Waals surface area contributed by atoms with Gasteiger partial charge in [0.2, 0.25) is 0 Å². The van der Waals surface area contributed by atoms with Crippen LogP contribution >= 0.6 is 11.6 Å². The number of benzene rings is 2. The molecule has 2 rings (SSSR count). The molecule has 0 amide bonds. The Kier molecular flexibility index (Phi) is 5.51. The van der Waals surface area contributed by atoms with E-state index in [1.165, 1.54) is 0 Å². The van der Waals surface area contributed by atoms with Crippen molar-refractivity contribution in [2.24, 2.45) is 0 Å². The Morgan fingerprint density at radius 3 is 2.65 bits per heavy atom. The van der Waals surface area contributed by atoms with Gasteiger partial charge in [-0.3, -0.25) is 0 Å². The molecule has 3 heteroatoms. The average molecular weight is 288 g/mol. The number of para-hydroxylation sites is 2. The third-order valence-corrected chi connectivity index (χ3v) is 3.22. The zero-order valence-corrected chi connectivity index (χ0v) is 12.1. The largest absolute Gasteiger partial charge is 0.491 e. The molecule has 2 nitrogen and oxygen atoms in total. The van der Waals surface area contributed by atoms with Crippen LogP contribution in [0.1, 0.15) is 5.56 Å². The predicted octanol–water partition coefficient (Wildman–Crippen LogP) is 4.56. The van der Waals surface area contributed by atoms with Crippen LogP contribution in [0.25, 0.3) is 0 Å². The van der Waals surface area contributed by atoms with Gasteiger partial charge in [0.15, 0.2) is 0 Å². The minimum atomic E-state index is 0.583. The second-order valence-electron chi connectivity index (χ2n) is 4.36. The van der Waals surface area contributed by atoms with Crippen LogP contribution in [0.5, 0.6) is 5.75 Å². The molecule has 1 N–H and O–H groups in total. The van der Waals surface area contributed by atoms with E-state index < -0.39 is 0 Å². The Hall–Kier alpha value is -1.93. The maximum Gasteiger partial charge on any atom is 0.122 e. The highest BCUT2D eigenvalue weighted by molar-refractivity contribution is 6.33. The van der Waals surface area contributed by atoms with Crippen molar-refractivity contribution >= 4 is 17.3 Å². The Labute approximate surface area is 125 Å². The summed E-state index contributed by atoms with van der Waals surface area (Å²) in [7, 11) is 0. The molecule has 0 spiro atoms. The lowest BCUT2D eigenvalue weighted by atomic mass is 10.1. The summed E-state index contributed by atoms with van der Waals surface area (Å²) < 4.78 is 5.80. The molecular weight excluding hydrogens is 270 g/mol. The van der Waals surface area contributed by atoms with Gasteiger partial charge in [0, 0.05) is 6.54 Å². The van der Waals surface area contributed by atoms with E-state index in [1.807, 2.05) is 48.5 Å². The molecule has 0 fully saturated rings. The number of nitrogens with one attached hydrogen (secondary N) is 1. The second kappa shape index (κ2) is 7.61. The van der Waals surface area contributed by atoms with E-state index in [1.54, 1.807) is 0 Å². The van der Waals surface area contributed by atoms with E-state index in [9.17, 15) is 0 Å². The highest BCUT2D eigenvalue weighted by Crippen LogP contribution is 2.21. The highest BCUT2D eigenvalue weighted by atomic mass is 35.5. The number of allylic oxidation sites excluding steroid dienone is 1. The van der Waals surface area contributed by atoms with Crippen molar-refractivity contribution < 1.29 is 4.74 Å². The summed E-state index contributed by atoms with van der Waals surface area (Å²) in [5.74, 6) is 0.911. The van der Waals surface area contributed by atoms with Gasteiger partial charge >= 0.3 is 0 Å². The second-order valence-corrected chi connectivity index (χ2v) is 4.76. The van der Waals surface area contributed by atoms with Crippen LogP contribution in [0, 0.1) is 0 Å². The minimum absolute atomic E-state index is 0.583. The first-order valence-electron chi connectivity index (χ1n) is 6.61. The summed E-state index contributed by atoms with van der Waals surface area (Å²) >= 11 is 6.07. The summed E-state index contributed by atoms with van der Waals surface area (Å²) in [6.45, 7) is 5.04. The molecule has 0 atom stereocenters. The topological polar surface area (TPSA) is 21.3 Å². The molecule has 2 aromatic carbocycles. The standard InChI is InChI=1S/C17H18ClNO/c1-2-7-14-8-3-6-11-17(14)20-13-12-19-16-10-5-4-9-15(16)18/h2-6,8-11,19H,1,7,12-13H2. The third kappa shape index (κ3) is 4.04. The summed E-state index contributed by atoms with van der Waals surface area (Å²) in [5, 5.41) is 3.98. The van der Waals surface area contributed by atoms with Crippen LogP contribution < -0.4 is 10.1 Å². The van der Waals surface area contributed by atoms with Crippen LogP contribution in [0.15, 0.2) is 61.2 Å². The number of hydrogen-bond acceptors (Lipinski definition) is 2. The molecule has 2 aromatic rings. The molecule has 0 aliphatic rings. The first-order chi connectivity index (χ1) is 9.81. The summed E-state index contributed by atoms with van der Waals surface area (Å²) in [5.41, 5.74) is 2.08. The molecule has 0 radical (unpaired) electrons. The number of anilines is 1. The Morgan fingerprint density at radius 1 is 1.10 bits per heavy atom. The first-order valence-corrected chi connectivity index (χ1v) is 6.99. The highest BCUT2D eigenvalue weighted by Gasteiger charge is 2.01. The number of halogens is 1. The number of rotatable bonds is 7. The van der Waals surface area contributed by atoms with Crippen LogP contribution in [0.2, 0.25) is 5.02 Å². The van der Waals surface area contributed by atoms with E-state index in [-0.39, 0.29) is 0 Å². The van der Waals surface area contributed by atoms with Crippen molar-refractivity contribution in [1.82, 2.24) is 0 Å². The van der Waals surface area contributed by atoms with Gasteiger partial charge in [-0.1, -0.05) is 48.0 Å². The molecule has 0 saturated carbocycles. The van der Waals surface area contributed by atoms with Crippen molar-refractivity contribution in [2.75, 3.05) is 18.5 Å². The van der Waals surface area contributed by atoms with Crippen molar-refractivity contribution in [3.8, 4) is 5.75 Å². The third-order valence-electron chi connectivity index (χ3n) is 2.89. The fourth-order valence-electron chi connectivity index (χ4n) is 1.92. The van der Waals surface area contributed by atoms with Crippen molar-refractivity contribution in [3.63, 3.8) is 0 Å². The molecule has 0 saturated heterocycles. The van der Waals surface area contributed by atoms with Crippen LogP contribution in [0.3, 0.4) is 0 Å². The Morgan fingerprint density at radius 2 is 1.85 bits per heavy atom. The SMILES string of the molecule is C=CCc1ccccc1OCCNc1ccccc1Cl. The fraction of sp³-hybridized carbons (Fsp3) is 0.176. The lowest BCUT2D eigenvalue weighted by molar-refractivity contribution is 0.330. The fourth-order valence-corrected chi connectivity index (χ4v) is 2.12. The lowest BCUT2D eigenvalue weighted by Gasteiger charge is -2.12. The molecule has 0 aliphatic carbocycles. The molecule has 0 aromatic heterocycles. The van der Waals surface area contributed by atoms with Gasteiger partial charge in [-0.25, -0.2) is 0 Å². The van der Waals surface area contributed by atoms with E-state index in [2.05, 4.69) is 18.0 Å². The number of hydrogen-bond donors (Lipinski definition) is 1. The summed E-state index contributed by atoms with van der Waals surface area (Å²) in [6, 6.07) is 15.7. The molecule has 0 unspecified atom stereocenters. The molecule has 0 bridgehead atoms. The molecule has 104 valence electrons. The predicted molar refractivity (Wildman–Crippen MR) is 85.8 cm³/mol. The minimum Gasteiger partial charge on any atom is -0.491 e. The van der Waals surface area contributed by atoms with E-state index in [4.69, 9.17) is 16.3 Å². The lowest BCUT2D eigenvalue weighted by Crippen LogP contribution is -2.12. The van der Waals surface area contributed by atoms with E-state index in [0.29, 0.717) is 13.2 Å². The maximum absolute atomic E-state index is 6.07. The van der Waals surface area contributed by atoms with Crippen LogP contribution in [-0.2, 0) is 6.42 Å². The van der Waals surface area contributed by atoms with Gasteiger partial charge in [0.1, 0.15) is 12.4 Å². The Balaban J connectivity index is 1.84. The smallest absolute Gasteiger partial charge is 0.122 e. The Bertz CT molecular complexity index is 568. The van der Waals surface area contributed by atoms with E-state index >= 15 is 0 Å². The number of ether oxygens (including phenoxy) is 1. The van der Waals surface area contributed by atoms with Gasteiger partial charge in [0.25, 0.3) is 0 Å². The monoisotopic (exact) mass is 287 g/mol. The van der Waals surface area contributed by atoms with Crippen molar-refractivity contribution in [2.45, 2.75) is 6.42 Å². The van der Waals surface area contributed by atoms with Crippen molar-refractivity contribution in [3.05, 3.63) is 71.8 Å². The zero-order valence-electron chi connectivity index (χ0n) is 11.3. The van der Waals surface area contributed by atoms with Gasteiger partial charge in [0.05, 0.1) is 10.7 Å². The van der Waals surface area contributed by atoms with Gasteiger partial charge in [-0.2, -0.15) is 0 Å². The zero-order chi connectivity index (χ0) is 14.2. The van der Waals surface area contributed by atoms with Gasteiger partial charge in [-0.05, 0) is 30.2 Å². The first kappa shape index (κ1) is 14.5. The van der Waals surface area contributed by atoms with Crippen LogP contribution in [-0.4, -0.2) is 13.2 Å². The molecule has 0 aliphatic heterocycles. The van der Waals surface area contributed by atoms with Gasteiger partial charge in [-0.15, -0.1) is 6.58 Å². The van der Waals surface area contributed by atoms with Gasteiger partial charge < -0.3 is 10.1 Å².